The van der Waals surface area contributed by atoms with Crippen molar-refractivity contribution < 1.29 is 14.3 Å². The number of aromatic nitrogens is 2. The van der Waals surface area contributed by atoms with Crippen molar-refractivity contribution in [3.05, 3.63) is 33.4 Å². The summed E-state index contributed by atoms with van der Waals surface area (Å²) in [4.78, 5) is 46.4. The van der Waals surface area contributed by atoms with E-state index in [9.17, 15) is 14.4 Å². The van der Waals surface area contributed by atoms with Gasteiger partial charge in [0.15, 0.2) is 5.16 Å². The van der Waals surface area contributed by atoms with Crippen LogP contribution >= 0.6 is 23.1 Å². The molecular weight excluding hydrogens is 434 g/mol. The van der Waals surface area contributed by atoms with Crippen LogP contribution in [0.4, 0.5) is 0 Å². The van der Waals surface area contributed by atoms with Gasteiger partial charge in [0, 0.05) is 24.5 Å². The molecule has 1 aliphatic heterocycles. The highest BCUT2D eigenvalue weighted by Gasteiger charge is 2.29. The summed E-state index contributed by atoms with van der Waals surface area (Å²) < 4.78 is 6.72. The summed E-state index contributed by atoms with van der Waals surface area (Å²) >= 11 is 2.91. The molecule has 1 saturated heterocycles. The van der Waals surface area contributed by atoms with Crippen LogP contribution < -0.4 is 5.56 Å². The van der Waals surface area contributed by atoms with Gasteiger partial charge in [-0.2, -0.15) is 0 Å². The number of ether oxygens (including phenoxy) is 1. The van der Waals surface area contributed by atoms with Crippen LogP contribution in [-0.2, 0) is 33.7 Å². The van der Waals surface area contributed by atoms with Gasteiger partial charge in [-0.1, -0.05) is 17.8 Å². The zero-order valence-electron chi connectivity index (χ0n) is 17.7. The maximum absolute atomic E-state index is 13.2. The monoisotopic (exact) mass is 461 g/mol. The molecule has 1 aliphatic carbocycles. The van der Waals surface area contributed by atoms with Crippen LogP contribution in [0.5, 0.6) is 0 Å². The van der Waals surface area contributed by atoms with Crippen LogP contribution in [0.25, 0.3) is 10.2 Å². The van der Waals surface area contributed by atoms with Crippen molar-refractivity contribution in [1.29, 1.82) is 0 Å². The van der Waals surface area contributed by atoms with Crippen molar-refractivity contribution >= 4 is 45.2 Å². The Balaban J connectivity index is 1.46. The lowest BCUT2D eigenvalue weighted by molar-refractivity contribution is -0.151. The number of nitrogens with zero attached hydrogens (tertiary/aromatic N) is 3. The van der Waals surface area contributed by atoms with Gasteiger partial charge in [-0.3, -0.25) is 19.0 Å². The summed E-state index contributed by atoms with van der Waals surface area (Å²) in [5.74, 6) is -0.0814. The number of likely N-dealkylation sites (tertiary alicyclic amines) is 1. The van der Waals surface area contributed by atoms with Crippen molar-refractivity contribution in [1.82, 2.24) is 14.5 Å². The van der Waals surface area contributed by atoms with Gasteiger partial charge in [-0.15, -0.1) is 17.9 Å². The fourth-order valence-corrected chi connectivity index (χ4v) is 6.51. The molecule has 166 valence electrons. The molecule has 0 atom stereocenters. The van der Waals surface area contributed by atoms with Crippen LogP contribution in [0, 0.1) is 5.92 Å². The fourth-order valence-electron chi connectivity index (χ4n) is 4.30. The lowest BCUT2D eigenvalue weighted by Gasteiger charge is -2.30. The Morgan fingerprint density at radius 1 is 1.32 bits per heavy atom. The number of thiophene rings is 1. The van der Waals surface area contributed by atoms with Gasteiger partial charge in [0.05, 0.1) is 23.7 Å². The summed E-state index contributed by atoms with van der Waals surface area (Å²) in [7, 11) is 0. The molecular formula is C22H27N3O4S2. The van der Waals surface area contributed by atoms with Gasteiger partial charge in [-0.25, -0.2) is 4.98 Å². The number of carbonyl (C=O) groups is 2. The van der Waals surface area contributed by atoms with E-state index in [1.807, 2.05) is 0 Å². The minimum atomic E-state index is -0.169. The average Bonchev–Trinajstić information content (AvgIpc) is 3.35. The molecule has 4 rings (SSSR count). The van der Waals surface area contributed by atoms with Crippen molar-refractivity contribution in [2.75, 3.05) is 25.4 Å². The van der Waals surface area contributed by atoms with E-state index in [1.54, 1.807) is 33.8 Å². The second-order valence-electron chi connectivity index (χ2n) is 7.83. The zero-order valence-corrected chi connectivity index (χ0v) is 19.4. The number of aryl methyl sites for hydroxylation is 2. The molecule has 0 spiro atoms. The van der Waals surface area contributed by atoms with Gasteiger partial charge < -0.3 is 9.64 Å². The number of amides is 1. The summed E-state index contributed by atoms with van der Waals surface area (Å²) in [6.45, 7) is 7.42. The van der Waals surface area contributed by atoms with Crippen LogP contribution in [0.2, 0.25) is 0 Å². The molecule has 0 N–H and O–H groups in total. The maximum atomic E-state index is 13.2. The minimum absolute atomic E-state index is 0.000446. The highest BCUT2D eigenvalue weighted by molar-refractivity contribution is 7.99. The van der Waals surface area contributed by atoms with E-state index in [1.165, 1.54) is 16.6 Å². The van der Waals surface area contributed by atoms with Crippen molar-refractivity contribution in [2.45, 2.75) is 50.7 Å². The van der Waals surface area contributed by atoms with Crippen LogP contribution in [0.1, 0.15) is 36.6 Å². The van der Waals surface area contributed by atoms with E-state index in [-0.39, 0.29) is 29.1 Å². The van der Waals surface area contributed by atoms with E-state index in [2.05, 4.69) is 6.58 Å². The smallest absolute Gasteiger partial charge is 0.309 e. The first-order valence-corrected chi connectivity index (χ1v) is 12.6. The number of carbonyl (C=O) groups excluding carboxylic acids is 2. The minimum Gasteiger partial charge on any atom is -0.466 e. The molecule has 2 aromatic rings. The molecule has 0 bridgehead atoms. The lowest BCUT2D eigenvalue weighted by Crippen LogP contribution is -2.41. The van der Waals surface area contributed by atoms with Gasteiger partial charge in [0.1, 0.15) is 4.83 Å². The quantitative estimate of drug-likeness (QED) is 0.273. The highest BCUT2D eigenvalue weighted by atomic mass is 32.2. The molecule has 0 radical (unpaired) electrons. The molecule has 9 heteroatoms. The first-order chi connectivity index (χ1) is 15.0. The number of esters is 1. The second kappa shape index (κ2) is 9.56. The number of hydrogen-bond acceptors (Lipinski definition) is 7. The number of hydrogen-bond donors (Lipinski definition) is 0. The topological polar surface area (TPSA) is 81.5 Å². The number of rotatable bonds is 7. The average molecular weight is 462 g/mol. The summed E-state index contributed by atoms with van der Waals surface area (Å²) in [5, 5.41) is 1.31. The second-order valence-corrected chi connectivity index (χ2v) is 9.86. The van der Waals surface area contributed by atoms with E-state index >= 15 is 0 Å². The predicted octanol–water partition coefficient (Wildman–Crippen LogP) is 3.03. The number of fused-ring (bicyclic) bond motifs is 3. The first-order valence-electron chi connectivity index (χ1n) is 10.8. The lowest BCUT2D eigenvalue weighted by atomic mass is 9.97. The molecule has 0 aromatic carbocycles. The molecule has 31 heavy (non-hydrogen) atoms. The fraction of sp³-hybridized carbons (Fsp3) is 0.545. The number of allylic oxidation sites excluding steroid dienone is 1. The van der Waals surface area contributed by atoms with Crippen LogP contribution in [-0.4, -0.2) is 51.8 Å². The SMILES string of the molecule is C=CCn1c(SCC(=O)N2CCC(C(=O)OCC)CC2)nc2sc3c(c2c1=O)CCC3. The number of piperidine rings is 1. The normalized spacial score (nSPS) is 16.5. The molecule has 2 aromatic heterocycles. The van der Waals surface area contributed by atoms with E-state index < -0.39 is 0 Å². The van der Waals surface area contributed by atoms with Crippen molar-refractivity contribution in [3.63, 3.8) is 0 Å². The molecule has 3 heterocycles. The van der Waals surface area contributed by atoms with Crippen molar-refractivity contribution in [3.8, 4) is 0 Å². The third-order valence-corrected chi connectivity index (χ3v) is 8.04. The van der Waals surface area contributed by atoms with E-state index in [4.69, 9.17) is 9.72 Å². The van der Waals surface area contributed by atoms with Crippen LogP contribution in [0.3, 0.4) is 0 Å². The molecule has 7 nitrogen and oxygen atoms in total. The van der Waals surface area contributed by atoms with Gasteiger partial charge in [0.25, 0.3) is 5.56 Å². The largest absolute Gasteiger partial charge is 0.466 e. The van der Waals surface area contributed by atoms with Crippen LogP contribution in [0.15, 0.2) is 22.6 Å². The van der Waals surface area contributed by atoms with Gasteiger partial charge in [-0.05, 0) is 44.6 Å². The first kappa shape index (κ1) is 22.1. The third-order valence-electron chi connectivity index (χ3n) is 5.89. The summed E-state index contributed by atoms with van der Waals surface area (Å²) in [6.07, 6.45) is 5.99. The number of thioether (sulfide) groups is 1. The highest BCUT2D eigenvalue weighted by Crippen LogP contribution is 2.35. The Morgan fingerprint density at radius 3 is 2.81 bits per heavy atom. The maximum Gasteiger partial charge on any atom is 0.309 e. The van der Waals surface area contributed by atoms with Crippen molar-refractivity contribution in [2.24, 2.45) is 5.92 Å². The molecule has 2 aliphatic rings. The standard InChI is InChI=1S/C22H27N3O4S2/c1-3-10-25-20(27)18-15-6-5-7-16(15)31-19(18)23-22(25)30-13-17(26)24-11-8-14(9-12-24)21(28)29-4-2/h3,14H,1,4-13H2,2H3. The third kappa shape index (κ3) is 4.43. The molecule has 0 saturated carbocycles. The predicted molar refractivity (Wildman–Crippen MR) is 123 cm³/mol. The molecule has 0 unspecified atom stereocenters. The Hall–Kier alpha value is -2.13. The van der Waals surface area contributed by atoms with E-state index in [0.29, 0.717) is 44.2 Å². The zero-order chi connectivity index (χ0) is 22.0. The molecule has 1 amide bonds. The van der Waals surface area contributed by atoms with Gasteiger partial charge >= 0.3 is 5.97 Å². The van der Waals surface area contributed by atoms with Gasteiger partial charge in [0.2, 0.25) is 5.91 Å². The van der Waals surface area contributed by atoms with E-state index in [0.717, 1.165) is 35.0 Å². The summed E-state index contributed by atoms with van der Waals surface area (Å²) in [6, 6.07) is 0. The Kier molecular flexibility index (Phi) is 6.81. The Bertz CT molecular complexity index is 1070. The summed E-state index contributed by atoms with van der Waals surface area (Å²) in [5.41, 5.74) is 1.13. The Labute approximate surface area is 189 Å². The molecule has 1 fully saturated rings. The Morgan fingerprint density at radius 2 is 2.10 bits per heavy atom.